The van der Waals surface area contributed by atoms with Gasteiger partial charge in [0.25, 0.3) is 5.91 Å². The van der Waals surface area contributed by atoms with Gasteiger partial charge in [0, 0.05) is 17.3 Å². The van der Waals surface area contributed by atoms with Crippen LogP contribution in [0.15, 0.2) is 48.8 Å². The van der Waals surface area contributed by atoms with E-state index in [2.05, 4.69) is 10.3 Å². The Morgan fingerprint density at radius 3 is 2.39 bits per heavy atom. The van der Waals surface area contributed by atoms with E-state index in [4.69, 9.17) is 18.0 Å². The summed E-state index contributed by atoms with van der Waals surface area (Å²) >= 11 is 4.84. The molecule has 1 aromatic heterocycles. The van der Waals surface area contributed by atoms with Gasteiger partial charge in [0.05, 0.1) is 11.9 Å². The van der Waals surface area contributed by atoms with Crippen molar-refractivity contribution in [3.8, 4) is 0 Å². The minimum Gasteiger partial charge on any atom is -0.389 e. The minimum absolute atomic E-state index is 0.197. The maximum absolute atomic E-state index is 11.9. The highest BCUT2D eigenvalue weighted by atomic mass is 32.1. The van der Waals surface area contributed by atoms with Crippen molar-refractivity contribution in [3.05, 3.63) is 59.9 Å². The van der Waals surface area contributed by atoms with Crippen molar-refractivity contribution in [2.75, 3.05) is 5.32 Å². The maximum atomic E-state index is 11.9. The van der Waals surface area contributed by atoms with E-state index >= 15 is 0 Å². The molecular formula is C13H11N3OS. The van der Waals surface area contributed by atoms with Crippen molar-refractivity contribution in [2.45, 2.75) is 0 Å². The highest BCUT2D eigenvalue weighted by Gasteiger charge is 2.06. The quantitative estimate of drug-likeness (QED) is 0.825. The predicted molar refractivity (Wildman–Crippen MR) is 74.5 cm³/mol. The second-order valence-electron chi connectivity index (χ2n) is 3.64. The van der Waals surface area contributed by atoms with Gasteiger partial charge in [0.15, 0.2) is 0 Å². The molecule has 0 bridgehead atoms. The zero-order chi connectivity index (χ0) is 13.0. The van der Waals surface area contributed by atoms with Crippen LogP contribution in [-0.4, -0.2) is 15.9 Å². The number of carbonyl (C=O) groups excluding carboxylic acids is 1. The van der Waals surface area contributed by atoms with Crippen LogP contribution in [0.4, 0.5) is 5.69 Å². The molecule has 2 aromatic rings. The van der Waals surface area contributed by atoms with Gasteiger partial charge in [-0.1, -0.05) is 24.4 Å². The number of carbonyl (C=O) groups is 1. The molecule has 0 saturated carbocycles. The van der Waals surface area contributed by atoms with E-state index < -0.39 is 0 Å². The fourth-order valence-electron chi connectivity index (χ4n) is 1.43. The normalized spacial score (nSPS) is 9.78. The molecule has 0 aliphatic heterocycles. The molecule has 0 saturated heterocycles. The Hall–Kier alpha value is -2.27. The Kier molecular flexibility index (Phi) is 3.64. The van der Waals surface area contributed by atoms with Crippen LogP contribution in [0.3, 0.4) is 0 Å². The van der Waals surface area contributed by atoms with Crippen LogP contribution in [-0.2, 0) is 0 Å². The molecule has 0 aliphatic carbocycles. The number of hydrogen-bond donors (Lipinski definition) is 2. The Morgan fingerprint density at radius 1 is 1.17 bits per heavy atom. The highest BCUT2D eigenvalue weighted by molar-refractivity contribution is 7.80. The molecule has 4 nitrogen and oxygen atoms in total. The zero-order valence-electron chi connectivity index (χ0n) is 9.46. The first-order valence-corrected chi connectivity index (χ1v) is 5.69. The summed E-state index contributed by atoms with van der Waals surface area (Å²) in [6.07, 6.45) is 3.23. The van der Waals surface area contributed by atoms with Crippen molar-refractivity contribution >= 4 is 28.8 Å². The number of thiocarbonyl (C=S) groups is 1. The van der Waals surface area contributed by atoms with Crippen LogP contribution >= 0.6 is 12.2 Å². The predicted octanol–water partition coefficient (Wildman–Crippen LogP) is 1.97. The van der Waals surface area contributed by atoms with Gasteiger partial charge >= 0.3 is 0 Å². The van der Waals surface area contributed by atoms with Gasteiger partial charge in [-0.25, -0.2) is 0 Å². The summed E-state index contributed by atoms with van der Waals surface area (Å²) < 4.78 is 0. The summed E-state index contributed by atoms with van der Waals surface area (Å²) in [5.74, 6) is -0.197. The van der Waals surface area contributed by atoms with Gasteiger partial charge in [0.1, 0.15) is 4.99 Å². The van der Waals surface area contributed by atoms with Gasteiger partial charge in [-0.2, -0.15) is 0 Å². The molecule has 1 heterocycles. The standard InChI is InChI=1S/C13H11N3OS/c14-12(18)9-3-5-10(6-4-9)13(17)16-11-2-1-7-15-8-11/h1-8H,(H2,14,18)(H,16,17). The van der Waals surface area contributed by atoms with E-state index in [0.29, 0.717) is 16.2 Å². The van der Waals surface area contributed by atoms with Crippen molar-refractivity contribution < 1.29 is 4.79 Å². The Balaban J connectivity index is 2.12. The summed E-state index contributed by atoms with van der Waals surface area (Å²) in [6, 6.07) is 10.3. The molecule has 0 fully saturated rings. The fraction of sp³-hybridized carbons (Fsp3) is 0. The van der Waals surface area contributed by atoms with Crippen molar-refractivity contribution in [1.82, 2.24) is 4.98 Å². The van der Waals surface area contributed by atoms with Crippen molar-refractivity contribution in [3.63, 3.8) is 0 Å². The number of amides is 1. The Morgan fingerprint density at radius 2 is 1.83 bits per heavy atom. The smallest absolute Gasteiger partial charge is 0.255 e. The molecule has 0 spiro atoms. The first kappa shape index (κ1) is 12.2. The highest BCUT2D eigenvalue weighted by Crippen LogP contribution is 2.09. The average molecular weight is 257 g/mol. The molecule has 18 heavy (non-hydrogen) atoms. The lowest BCUT2D eigenvalue weighted by Gasteiger charge is -2.05. The third-order valence-electron chi connectivity index (χ3n) is 2.35. The first-order chi connectivity index (χ1) is 8.66. The number of rotatable bonds is 3. The molecule has 0 radical (unpaired) electrons. The average Bonchev–Trinajstić information content (AvgIpc) is 2.40. The largest absolute Gasteiger partial charge is 0.389 e. The first-order valence-electron chi connectivity index (χ1n) is 5.28. The van der Waals surface area contributed by atoms with Gasteiger partial charge in [-0.05, 0) is 24.3 Å². The number of nitrogens with two attached hydrogens (primary N) is 1. The fourth-order valence-corrected chi connectivity index (χ4v) is 1.56. The van der Waals surface area contributed by atoms with Gasteiger partial charge < -0.3 is 11.1 Å². The maximum Gasteiger partial charge on any atom is 0.255 e. The topological polar surface area (TPSA) is 68.0 Å². The number of anilines is 1. The van der Waals surface area contributed by atoms with Crippen LogP contribution in [0.25, 0.3) is 0 Å². The third-order valence-corrected chi connectivity index (χ3v) is 2.59. The summed E-state index contributed by atoms with van der Waals surface area (Å²) in [5.41, 5.74) is 7.42. The molecule has 0 atom stereocenters. The van der Waals surface area contributed by atoms with Crippen LogP contribution in [0, 0.1) is 0 Å². The van der Waals surface area contributed by atoms with Gasteiger partial charge in [0.2, 0.25) is 0 Å². The van der Waals surface area contributed by atoms with Crippen LogP contribution in [0.1, 0.15) is 15.9 Å². The summed E-state index contributed by atoms with van der Waals surface area (Å²) in [5, 5.41) is 2.74. The summed E-state index contributed by atoms with van der Waals surface area (Å²) in [6.45, 7) is 0. The van der Waals surface area contributed by atoms with E-state index in [1.54, 1.807) is 48.8 Å². The number of nitrogens with zero attached hydrogens (tertiary/aromatic N) is 1. The molecule has 0 aliphatic rings. The van der Waals surface area contributed by atoms with E-state index in [9.17, 15) is 4.79 Å². The van der Waals surface area contributed by atoms with Gasteiger partial charge in [-0.3, -0.25) is 9.78 Å². The van der Waals surface area contributed by atoms with Crippen LogP contribution in [0.2, 0.25) is 0 Å². The number of benzene rings is 1. The Labute approximate surface area is 110 Å². The van der Waals surface area contributed by atoms with E-state index in [-0.39, 0.29) is 5.91 Å². The van der Waals surface area contributed by atoms with Crippen LogP contribution < -0.4 is 11.1 Å². The van der Waals surface area contributed by atoms with Crippen molar-refractivity contribution in [2.24, 2.45) is 5.73 Å². The van der Waals surface area contributed by atoms with E-state index in [0.717, 1.165) is 5.56 Å². The zero-order valence-corrected chi connectivity index (χ0v) is 10.3. The number of hydrogen-bond acceptors (Lipinski definition) is 3. The third kappa shape index (κ3) is 2.89. The monoisotopic (exact) mass is 257 g/mol. The molecule has 2 rings (SSSR count). The molecule has 3 N–H and O–H groups in total. The molecule has 1 amide bonds. The molecular weight excluding hydrogens is 246 g/mol. The number of nitrogens with one attached hydrogen (secondary N) is 1. The van der Waals surface area contributed by atoms with Gasteiger partial charge in [-0.15, -0.1) is 0 Å². The second kappa shape index (κ2) is 5.37. The molecule has 0 unspecified atom stereocenters. The molecule has 1 aromatic carbocycles. The lowest BCUT2D eigenvalue weighted by atomic mass is 10.1. The lowest BCUT2D eigenvalue weighted by Crippen LogP contribution is -2.13. The summed E-state index contributed by atoms with van der Waals surface area (Å²) in [7, 11) is 0. The van der Waals surface area contributed by atoms with E-state index in [1.807, 2.05) is 0 Å². The Bertz CT molecular complexity index is 567. The van der Waals surface area contributed by atoms with Crippen molar-refractivity contribution in [1.29, 1.82) is 0 Å². The lowest BCUT2D eigenvalue weighted by molar-refractivity contribution is 0.102. The second-order valence-corrected chi connectivity index (χ2v) is 4.08. The molecule has 90 valence electrons. The van der Waals surface area contributed by atoms with Crippen LogP contribution in [0.5, 0.6) is 0 Å². The van der Waals surface area contributed by atoms with E-state index in [1.165, 1.54) is 0 Å². The SMILES string of the molecule is NC(=S)c1ccc(C(=O)Nc2cccnc2)cc1. The molecule has 5 heteroatoms. The summed E-state index contributed by atoms with van der Waals surface area (Å²) in [4.78, 5) is 16.1. The number of aromatic nitrogens is 1. The number of pyridine rings is 1. The minimum atomic E-state index is -0.197.